The maximum Gasteiger partial charge on any atom is 0.305 e. The zero-order chi connectivity index (χ0) is 16.4. The van der Waals surface area contributed by atoms with Crippen molar-refractivity contribution in [2.75, 3.05) is 0 Å². The largest absolute Gasteiger partial charge is 0.481 e. The van der Waals surface area contributed by atoms with E-state index in [9.17, 15) is 28.5 Å². The number of hydrogen-bond donors (Lipinski definition) is 2. The maximum atomic E-state index is 13.2. The quantitative estimate of drug-likeness (QED) is 0.637. The Bertz CT molecular complexity index is 616. The van der Waals surface area contributed by atoms with Crippen molar-refractivity contribution in [1.82, 2.24) is 5.32 Å². The molecule has 2 N–H and O–H groups in total. The summed E-state index contributed by atoms with van der Waals surface area (Å²) in [7, 11) is 0. The van der Waals surface area contributed by atoms with Crippen LogP contribution < -0.4 is 5.32 Å². The summed E-state index contributed by atoms with van der Waals surface area (Å²) in [6.45, 7) is 2.76. The average molecular weight is 302 g/mol. The SMILES string of the molecule is CC(C)(CC(=O)O)NC(=O)c1cc(F)c(F)cc1[N+](=O)[O-]. The first-order valence-corrected chi connectivity index (χ1v) is 5.71. The first-order chi connectivity index (χ1) is 9.53. The first kappa shape index (κ1) is 16.5. The summed E-state index contributed by atoms with van der Waals surface area (Å²) in [5, 5.41) is 21.7. The number of carbonyl (C=O) groups is 2. The number of halogens is 2. The smallest absolute Gasteiger partial charge is 0.305 e. The lowest BCUT2D eigenvalue weighted by molar-refractivity contribution is -0.385. The van der Waals surface area contributed by atoms with E-state index in [0.29, 0.717) is 12.1 Å². The number of nitro groups is 1. The Morgan fingerprint density at radius 2 is 1.86 bits per heavy atom. The van der Waals surface area contributed by atoms with E-state index in [1.165, 1.54) is 13.8 Å². The van der Waals surface area contributed by atoms with Gasteiger partial charge in [0.05, 0.1) is 17.4 Å². The zero-order valence-corrected chi connectivity index (χ0v) is 11.1. The number of nitro benzene ring substituents is 1. The van der Waals surface area contributed by atoms with Crippen LogP contribution in [0.5, 0.6) is 0 Å². The second-order valence-corrected chi connectivity index (χ2v) is 4.95. The number of aliphatic carboxylic acids is 1. The topological polar surface area (TPSA) is 110 Å². The molecule has 0 aliphatic rings. The summed E-state index contributed by atoms with van der Waals surface area (Å²) >= 11 is 0. The van der Waals surface area contributed by atoms with Crippen LogP contribution in [0.4, 0.5) is 14.5 Å². The van der Waals surface area contributed by atoms with E-state index in [-0.39, 0.29) is 0 Å². The average Bonchev–Trinajstić information content (AvgIpc) is 2.29. The number of nitrogens with zero attached hydrogens (tertiary/aromatic N) is 1. The number of hydrogen-bond acceptors (Lipinski definition) is 4. The number of nitrogens with one attached hydrogen (secondary N) is 1. The molecule has 21 heavy (non-hydrogen) atoms. The molecule has 0 fully saturated rings. The van der Waals surface area contributed by atoms with Gasteiger partial charge in [-0.3, -0.25) is 19.7 Å². The van der Waals surface area contributed by atoms with Gasteiger partial charge >= 0.3 is 5.97 Å². The Kier molecular flexibility index (Phi) is 4.56. The third-order valence-corrected chi connectivity index (χ3v) is 2.53. The normalized spacial score (nSPS) is 11.0. The molecule has 0 aliphatic heterocycles. The molecule has 0 unspecified atom stereocenters. The molecular weight excluding hydrogens is 290 g/mol. The minimum atomic E-state index is -1.46. The highest BCUT2D eigenvalue weighted by Crippen LogP contribution is 2.23. The lowest BCUT2D eigenvalue weighted by Gasteiger charge is -2.24. The molecule has 1 aromatic carbocycles. The second-order valence-electron chi connectivity index (χ2n) is 4.95. The van der Waals surface area contributed by atoms with Crippen LogP contribution in [0.1, 0.15) is 30.6 Å². The van der Waals surface area contributed by atoms with E-state index in [2.05, 4.69) is 5.32 Å². The number of carboxylic acid groups (broad SMARTS) is 1. The maximum absolute atomic E-state index is 13.2. The molecule has 0 aliphatic carbocycles. The van der Waals surface area contributed by atoms with Crippen molar-refractivity contribution in [2.45, 2.75) is 25.8 Å². The molecule has 0 saturated carbocycles. The summed E-state index contributed by atoms with van der Waals surface area (Å²) in [4.78, 5) is 32.3. The third kappa shape index (κ3) is 4.20. The van der Waals surface area contributed by atoms with Crippen LogP contribution >= 0.6 is 0 Å². The van der Waals surface area contributed by atoms with Gasteiger partial charge in [0.1, 0.15) is 5.56 Å². The summed E-state index contributed by atoms with van der Waals surface area (Å²) in [6, 6.07) is 0.702. The molecule has 0 bridgehead atoms. The van der Waals surface area contributed by atoms with Crippen LogP contribution in [0, 0.1) is 21.7 Å². The molecule has 0 aromatic heterocycles. The van der Waals surface area contributed by atoms with E-state index >= 15 is 0 Å². The Morgan fingerprint density at radius 3 is 2.33 bits per heavy atom. The zero-order valence-electron chi connectivity index (χ0n) is 11.1. The molecule has 7 nitrogen and oxygen atoms in total. The van der Waals surface area contributed by atoms with Crippen molar-refractivity contribution in [1.29, 1.82) is 0 Å². The van der Waals surface area contributed by atoms with E-state index in [1.807, 2.05) is 0 Å². The van der Waals surface area contributed by atoms with Gasteiger partial charge in [-0.25, -0.2) is 8.78 Å². The fraction of sp³-hybridized carbons (Fsp3) is 0.333. The lowest BCUT2D eigenvalue weighted by atomic mass is 10.00. The van der Waals surface area contributed by atoms with E-state index < -0.39 is 51.6 Å². The Labute approximate surface area is 117 Å². The monoisotopic (exact) mass is 302 g/mol. The molecule has 1 aromatic rings. The highest BCUT2D eigenvalue weighted by molar-refractivity contribution is 5.98. The van der Waals surface area contributed by atoms with Crippen molar-refractivity contribution in [3.8, 4) is 0 Å². The molecule has 0 radical (unpaired) electrons. The van der Waals surface area contributed by atoms with Crippen molar-refractivity contribution in [2.24, 2.45) is 0 Å². The summed E-state index contributed by atoms with van der Waals surface area (Å²) < 4.78 is 26.2. The lowest BCUT2D eigenvalue weighted by Crippen LogP contribution is -2.45. The van der Waals surface area contributed by atoms with Gasteiger partial charge in [-0.2, -0.15) is 0 Å². The molecule has 0 heterocycles. The van der Waals surface area contributed by atoms with Crippen LogP contribution in [0.25, 0.3) is 0 Å². The van der Waals surface area contributed by atoms with Crippen molar-refractivity contribution in [3.63, 3.8) is 0 Å². The standard InChI is InChI=1S/C12H12F2N2O5/c1-12(2,5-10(17)18)15-11(19)6-3-7(13)8(14)4-9(6)16(20)21/h3-4H,5H2,1-2H3,(H,15,19)(H,17,18). The fourth-order valence-electron chi connectivity index (χ4n) is 1.67. The van der Waals surface area contributed by atoms with Crippen LogP contribution in [0.15, 0.2) is 12.1 Å². The highest BCUT2D eigenvalue weighted by atomic mass is 19.2. The predicted octanol–water partition coefficient (Wildman–Crippen LogP) is 1.86. The third-order valence-electron chi connectivity index (χ3n) is 2.53. The van der Waals surface area contributed by atoms with E-state index in [1.54, 1.807) is 0 Å². The van der Waals surface area contributed by atoms with Crippen molar-refractivity contribution >= 4 is 17.6 Å². The van der Waals surface area contributed by atoms with Gasteiger partial charge in [0.15, 0.2) is 11.6 Å². The summed E-state index contributed by atoms with van der Waals surface area (Å²) in [6.07, 6.45) is -0.448. The van der Waals surface area contributed by atoms with Crippen molar-refractivity contribution < 1.29 is 28.4 Å². The van der Waals surface area contributed by atoms with Crippen molar-refractivity contribution in [3.05, 3.63) is 39.4 Å². The summed E-state index contributed by atoms with van der Waals surface area (Å²) in [5.74, 6) is -5.13. The molecule has 0 atom stereocenters. The molecule has 1 amide bonds. The van der Waals surface area contributed by atoms with Gasteiger partial charge in [-0.15, -0.1) is 0 Å². The van der Waals surface area contributed by atoms with Crippen LogP contribution in [0.3, 0.4) is 0 Å². The first-order valence-electron chi connectivity index (χ1n) is 5.71. The summed E-state index contributed by atoms with van der Waals surface area (Å²) in [5.41, 5.74) is -2.81. The number of carbonyl (C=O) groups excluding carboxylic acids is 1. The molecule has 0 saturated heterocycles. The number of amides is 1. The van der Waals surface area contributed by atoms with Gasteiger partial charge in [0.25, 0.3) is 11.6 Å². The van der Waals surface area contributed by atoms with E-state index in [4.69, 9.17) is 5.11 Å². The van der Waals surface area contributed by atoms with Crippen LogP contribution in [0.2, 0.25) is 0 Å². The molecular formula is C12H12F2N2O5. The minimum Gasteiger partial charge on any atom is -0.481 e. The highest BCUT2D eigenvalue weighted by Gasteiger charge is 2.29. The van der Waals surface area contributed by atoms with Crippen LogP contribution in [-0.4, -0.2) is 27.4 Å². The number of rotatable bonds is 5. The predicted molar refractivity (Wildman–Crippen MR) is 66.8 cm³/mol. The van der Waals surface area contributed by atoms with Crippen LogP contribution in [-0.2, 0) is 4.79 Å². The van der Waals surface area contributed by atoms with Gasteiger partial charge < -0.3 is 10.4 Å². The van der Waals surface area contributed by atoms with Gasteiger partial charge in [0, 0.05) is 5.54 Å². The molecule has 9 heteroatoms. The van der Waals surface area contributed by atoms with Gasteiger partial charge in [0.2, 0.25) is 0 Å². The number of benzene rings is 1. The van der Waals surface area contributed by atoms with Gasteiger partial charge in [-0.1, -0.05) is 0 Å². The van der Waals surface area contributed by atoms with E-state index in [0.717, 1.165) is 0 Å². The number of carboxylic acids is 1. The molecule has 114 valence electrons. The molecule has 1 rings (SSSR count). The Balaban J connectivity index is 3.15. The Hall–Kier alpha value is -2.58. The minimum absolute atomic E-state index is 0.300. The Morgan fingerprint density at radius 1 is 1.33 bits per heavy atom. The molecule has 0 spiro atoms. The second kappa shape index (κ2) is 5.81. The van der Waals surface area contributed by atoms with Gasteiger partial charge in [-0.05, 0) is 19.9 Å². The fourth-order valence-corrected chi connectivity index (χ4v) is 1.67.